The first kappa shape index (κ1) is 14.5. The van der Waals surface area contributed by atoms with Gasteiger partial charge in [0.15, 0.2) is 0 Å². The monoisotopic (exact) mass is 310 g/mol. The third-order valence-electron chi connectivity index (χ3n) is 5.30. The van der Waals surface area contributed by atoms with E-state index in [-0.39, 0.29) is 11.3 Å². The predicted molar refractivity (Wildman–Crippen MR) is 89.2 cm³/mol. The van der Waals surface area contributed by atoms with Crippen molar-refractivity contribution in [3.63, 3.8) is 0 Å². The van der Waals surface area contributed by atoms with Crippen molar-refractivity contribution in [3.05, 3.63) is 48.3 Å². The van der Waals surface area contributed by atoms with Crippen LogP contribution in [-0.4, -0.2) is 28.3 Å². The zero-order valence-corrected chi connectivity index (χ0v) is 13.2. The SMILES string of the molecule is O=C1Nc2ccccc2C12CCC(NCCn1cccn1)CC2. The standard InChI is InChI=1S/C18H22N4O/c23-17-18(15-4-1-2-5-16(15)21-17)8-6-14(7-9-18)19-11-13-22-12-3-10-20-22/h1-5,10,12,14,19H,6-9,11,13H2,(H,21,23). The summed E-state index contributed by atoms with van der Waals surface area (Å²) < 4.78 is 1.94. The molecule has 0 bridgehead atoms. The molecule has 0 saturated heterocycles. The average Bonchev–Trinajstić information content (AvgIpc) is 3.18. The van der Waals surface area contributed by atoms with Gasteiger partial charge in [-0.2, -0.15) is 5.10 Å². The molecule has 1 aromatic carbocycles. The molecule has 23 heavy (non-hydrogen) atoms. The predicted octanol–water partition coefficient (Wildman–Crippen LogP) is 2.31. The Labute approximate surface area is 136 Å². The van der Waals surface area contributed by atoms with Crippen LogP contribution < -0.4 is 10.6 Å². The number of benzene rings is 1. The Morgan fingerprint density at radius 3 is 2.87 bits per heavy atom. The molecule has 2 aromatic rings. The molecule has 2 heterocycles. The Balaban J connectivity index is 1.36. The number of hydrogen-bond acceptors (Lipinski definition) is 3. The van der Waals surface area contributed by atoms with Crippen LogP contribution in [0.1, 0.15) is 31.2 Å². The highest BCUT2D eigenvalue weighted by atomic mass is 16.2. The molecule has 1 fully saturated rings. The molecule has 4 rings (SSSR count). The Morgan fingerprint density at radius 1 is 1.26 bits per heavy atom. The first-order chi connectivity index (χ1) is 11.3. The summed E-state index contributed by atoms with van der Waals surface area (Å²) >= 11 is 0. The van der Waals surface area contributed by atoms with Crippen LogP contribution in [-0.2, 0) is 16.8 Å². The number of amides is 1. The zero-order chi connectivity index (χ0) is 15.7. The van der Waals surface area contributed by atoms with E-state index in [9.17, 15) is 4.79 Å². The fourth-order valence-electron chi connectivity index (χ4n) is 4.00. The van der Waals surface area contributed by atoms with E-state index in [4.69, 9.17) is 0 Å². The number of hydrogen-bond donors (Lipinski definition) is 2. The number of para-hydroxylation sites is 1. The van der Waals surface area contributed by atoms with Crippen LogP contribution in [0.15, 0.2) is 42.7 Å². The van der Waals surface area contributed by atoms with Gasteiger partial charge in [0.2, 0.25) is 5.91 Å². The highest BCUT2D eigenvalue weighted by Gasteiger charge is 2.48. The molecule has 1 aromatic heterocycles. The second-order valence-electron chi connectivity index (χ2n) is 6.58. The summed E-state index contributed by atoms with van der Waals surface area (Å²) in [6.07, 6.45) is 7.73. The smallest absolute Gasteiger partial charge is 0.235 e. The Hall–Kier alpha value is -2.14. The molecular formula is C18H22N4O. The van der Waals surface area contributed by atoms with Crippen LogP contribution in [0.25, 0.3) is 0 Å². The number of fused-ring (bicyclic) bond motifs is 2. The summed E-state index contributed by atoms with van der Waals surface area (Å²) in [4.78, 5) is 12.5. The summed E-state index contributed by atoms with van der Waals surface area (Å²) in [5.41, 5.74) is 1.90. The van der Waals surface area contributed by atoms with Crippen molar-refractivity contribution in [2.24, 2.45) is 0 Å². The van der Waals surface area contributed by atoms with Crippen molar-refractivity contribution in [2.45, 2.75) is 43.7 Å². The number of aromatic nitrogens is 2. The van der Waals surface area contributed by atoms with Crippen LogP contribution in [0.3, 0.4) is 0 Å². The lowest BCUT2D eigenvalue weighted by Gasteiger charge is -2.36. The van der Waals surface area contributed by atoms with Crippen LogP contribution in [0.2, 0.25) is 0 Å². The summed E-state index contributed by atoms with van der Waals surface area (Å²) in [5, 5.41) is 10.9. The molecule has 120 valence electrons. The lowest BCUT2D eigenvalue weighted by atomic mass is 9.69. The van der Waals surface area contributed by atoms with Gasteiger partial charge in [-0.3, -0.25) is 9.48 Å². The van der Waals surface area contributed by atoms with Gasteiger partial charge in [-0.1, -0.05) is 18.2 Å². The highest BCUT2D eigenvalue weighted by molar-refractivity contribution is 6.06. The van der Waals surface area contributed by atoms with E-state index in [0.717, 1.165) is 44.5 Å². The largest absolute Gasteiger partial charge is 0.325 e. The van der Waals surface area contributed by atoms with Gasteiger partial charge in [0.25, 0.3) is 0 Å². The molecule has 2 aliphatic rings. The Morgan fingerprint density at radius 2 is 2.09 bits per heavy atom. The van der Waals surface area contributed by atoms with E-state index in [1.165, 1.54) is 5.56 Å². The van der Waals surface area contributed by atoms with Crippen LogP contribution in [0.4, 0.5) is 5.69 Å². The van der Waals surface area contributed by atoms with Gasteiger partial charge in [0, 0.05) is 30.7 Å². The lowest BCUT2D eigenvalue weighted by Crippen LogP contribution is -2.44. The topological polar surface area (TPSA) is 59.0 Å². The van der Waals surface area contributed by atoms with E-state index >= 15 is 0 Å². The maximum Gasteiger partial charge on any atom is 0.235 e. The zero-order valence-electron chi connectivity index (χ0n) is 13.2. The molecule has 0 radical (unpaired) electrons. The lowest BCUT2D eigenvalue weighted by molar-refractivity contribution is -0.122. The second kappa shape index (κ2) is 5.81. The number of carbonyl (C=O) groups excluding carboxylic acids is 1. The third-order valence-corrected chi connectivity index (χ3v) is 5.30. The fraction of sp³-hybridized carbons (Fsp3) is 0.444. The highest BCUT2D eigenvalue weighted by Crippen LogP contribution is 2.47. The number of nitrogens with zero attached hydrogens (tertiary/aromatic N) is 2. The molecule has 1 aliphatic heterocycles. The molecule has 1 spiro atoms. The van der Waals surface area contributed by atoms with Gasteiger partial charge in [0.05, 0.1) is 12.0 Å². The van der Waals surface area contributed by atoms with E-state index in [0.29, 0.717) is 6.04 Å². The minimum atomic E-state index is -0.295. The number of anilines is 1. The Bertz CT molecular complexity index is 687. The van der Waals surface area contributed by atoms with Crippen molar-refractivity contribution in [3.8, 4) is 0 Å². The molecule has 0 unspecified atom stereocenters. The first-order valence-electron chi connectivity index (χ1n) is 8.40. The molecule has 0 atom stereocenters. The normalized spacial score (nSPS) is 26.3. The van der Waals surface area contributed by atoms with Gasteiger partial charge in [-0.15, -0.1) is 0 Å². The van der Waals surface area contributed by atoms with Crippen LogP contribution >= 0.6 is 0 Å². The molecule has 2 N–H and O–H groups in total. The third kappa shape index (κ3) is 2.55. The second-order valence-corrected chi connectivity index (χ2v) is 6.58. The summed E-state index contributed by atoms with van der Waals surface area (Å²) in [7, 11) is 0. The van der Waals surface area contributed by atoms with Crippen molar-refractivity contribution in [2.75, 3.05) is 11.9 Å². The van der Waals surface area contributed by atoms with Crippen molar-refractivity contribution in [1.29, 1.82) is 0 Å². The summed E-state index contributed by atoms with van der Waals surface area (Å²) in [5.74, 6) is 0.189. The molecular weight excluding hydrogens is 288 g/mol. The molecule has 5 heteroatoms. The maximum absolute atomic E-state index is 12.5. The summed E-state index contributed by atoms with van der Waals surface area (Å²) in [6.45, 7) is 1.81. The van der Waals surface area contributed by atoms with Gasteiger partial charge in [-0.05, 0) is 43.4 Å². The van der Waals surface area contributed by atoms with E-state index in [2.05, 4.69) is 21.8 Å². The van der Waals surface area contributed by atoms with Gasteiger partial charge in [-0.25, -0.2) is 0 Å². The number of carbonyl (C=O) groups is 1. The van der Waals surface area contributed by atoms with Crippen molar-refractivity contribution >= 4 is 11.6 Å². The van der Waals surface area contributed by atoms with Crippen molar-refractivity contribution in [1.82, 2.24) is 15.1 Å². The molecule has 5 nitrogen and oxygen atoms in total. The van der Waals surface area contributed by atoms with E-state index in [1.807, 2.05) is 35.1 Å². The Kier molecular flexibility index (Phi) is 3.65. The molecule has 1 amide bonds. The first-order valence-corrected chi connectivity index (χ1v) is 8.40. The average molecular weight is 310 g/mol. The number of nitrogens with one attached hydrogen (secondary N) is 2. The minimum Gasteiger partial charge on any atom is -0.325 e. The molecule has 1 saturated carbocycles. The van der Waals surface area contributed by atoms with E-state index in [1.54, 1.807) is 6.20 Å². The van der Waals surface area contributed by atoms with Crippen LogP contribution in [0.5, 0.6) is 0 Å². The fourth-order valence-corrected chi connectivity index (χ4v) is 4.00. The van der Waals surface area contributed by atoms with Crippen LogP contribution in [0, 0.1) is 0 Å². The minimum absolute atomic E-state index is 0.189. The van der Waals surface area contributed by atoms with Gasteiger partial charge in [0.1, 0.15) is 0 Å². The number of rotatable bonds is 4. The molecule has 1 aliphatic carbocycles. The van der Waals surface area contributed by atoms with Gasteiger partial charge < -0.3 is 10.6 Å². The maximum atomic E-state index is 12.5. The quantitative estimate of drug-likeness (QED) is 0.911. The van der Waals surface area contributed by atoms with Crippen molar-refractivity contribution < 1.29 is 4.79 Å². The van der Waals surface area contributed by atoms with Gasteiger partial charge >= 0.3 is 0 Å². The summed E-state index contributed by atoms with van der Waals surface area (Å²) in [6, 6.07) is 10.6. The van der Waals surface area contributed by atoms with E-state index < -0.39 is 0 Å².